The average molecular weight is 285 g/mol. The van der Waals surface area contributed by atoms with E-state index in [1.807, 2.05) is 12.1 Å². The monoisotopic (exact) mass is 285 g/mol. The van der Waals surface area contributed by atoms with E-state index < -0.39 is 4.92 Å². The number of anilines is 1. The Morgan fingerprint density at radius 2 is 2.19 bits per heavy atom. The van der Waals surface area contributed by atoms with E-state index in [1.165, 1.54) is 6.33 Å². The molecule has 1 atom stereocenters. The summed E-state index contributed by atoms with van der Waals surface area (Å²) >= 11 is 0. The minimum atomic E-state index is -0.418. The van der Waals surface area contributed by atoms with Gasteiger partial charge in [-0.2, -0.15) is 0 Å². The first-order chi connectivity index (χ1) is 10.2. The molecule has 0 saturated heterocycles. The van der Waals surface area contributed by atoms with Gasteiger partial charge >= 0.3 is 5.69 Å². The van der Waals surface area contributed by atoms with Gasteiger partial charge in [-0.3, -0.25) is 15.1 Å². The van der Waals surface area contributed by atoms with Crippen LogP contribution in [0, 0.1) is 10.1 Å². The number of pyridine rings is 1. The normalized spacial score (nSPS) is 17.1. The van der Waals surface area contributed by atoms with E-state index in [2.05, 4.69) is 20.3 Å². The molecule has 1 N–H and O–H groups in total. The molecule has 7 heteroatoms. The molecular formula is C14H15N5O2. The Labute approximate surface area is 121 Å². The zero-order chi connectivity index (χ0) is 14.8. The van der Waals surface area contributed by atoms with E-state index in [9.17, 15) is 10.1 Å². The Hall–Kier alpha value is -2.57. The summed E-state index contributed by atoms with van der Waals surface area (Å²) in [5.41, 5.74) is 2.43. The first-order valence-electron chi connectivity index (χ1n) is 6.83. The number of aryl methyl sites for hydroxylation is 1. The molecule has 0 radical (unpaired) electrons. The number of nitrogens with zero attached hydrogens (tertiary/aromatic N) is 4. The van der Waals surface area contributed by atoms with Crippen molar-refractivity contribution >= 4 is 11.5 Å². The summed E-state index contributed by atoms with van der Waals surface area (Å²) in [4.78, 5) is 23.6. The topological polar surface area (TPSA) is 93.8 Å². The summed E-state index contributed by atoms with van der Waals surface area (Å²) in [6, 6.07) is 3.93. The number of nitro groups is 1. The second kappa shape index (κ2) is 5.43. The zero-order valence-corrected chi connectivity index (χ0v) is 11.6. The molecule has 0 bridgehead atoms. The van der Waals surface area contributed by atoms with Crippen LogP contribution in [0.2, 0.25) is 0 Å². The van der Waals surface area contributed by atoms with Gasteiger partial charge in [-0.25, -0.2) is 9.97 Å². The summed E-state index contributed by atoms with van der Waals surface area (Å²) in [5.74, 6) is 0.0958. The lowest BCUT2D eigenvalue weighted by molar-refractivity contribution is -0.385. The Balaban J connectivity index is 2.16. The summed E-state index contributed by atoms with van der Waals surface area (Å²) < 4.78 is 0. The van der Waals surface area contributed by atoms with E-state index in [1.54, 1.807) is 13.2 Å². The molecule has 1 unspecified atom stereocenters. The highest BCUT2D eigenvalue weighted by Crippen LogP contribution is 2.39. The summed E-state index contributed by atoms with van der Waals surface area (Å²) in [6.07, 6.45) is 5.83. The quantitative estimate of drug-likeness (QED) is 0.687. The van der Waals surface area contributed by atoms with Gasteiger partial charge in [0.2, 0.25) is 5.82 Å². The second-order valence-corrected chi connectivity index (χ2v) is 4.96. The van der Waals surface area contributed by atoms with Crippen LogP contribution in [0.3, 0.4) is 0 Å². The third-order valence-corrected chi connectivity index (χ3v) is 3.80. The number of rotatable bonds is 3. The average Bonchev–Trinajstić information content (AvgIpc) is 2.53. The molecule has 2 aromatic heterocycles. The van der Waals surface area contributed by atoms with Crippen LogP contribution in [0.25, 0.3) is 0 Å². The first-order valence-corrected chi connectivity index (χ1v) is 6.83. The predicted molar refractivity (Wildman–Crippen MR) is 77.3 cm³/mol. The van der Waals surface area contributed by atoms with Crippen molar-refractivity contribution in [1.29, 1.82) is 0 Å². The third-order valence-electron chi connectivity index (χ3n) is 3.80. The maximum atomic E-state index is 11.4. The molecule has 0 aliphatic heterocycles. The lowest BCUT2D eigenvalue weighted by Crippen LogP contribution is -2.16. The smallest absolute Gasteiger partial charge is 0.333 e. The van der Waals surface area contributed by atoms with Crippen LogP contribution >= 0.6 is 0 Å². The van der Waals surface area contributed by atoms with Gasteiger partial charge < -0.3 is 5.32 Å². The van der Waals surface area contributed by atoms with Gasteiger partial charge in [0.05, 0.1) is 16.5 Å². The molecule has 2 aromatic rings. The number of aromatic nitrogens is 3. The van der Waals surface area contributed by atoms with Gasteiger partial charge in [-0.1, -0.05) is 6.07 Å². The van der Waals surface area contributed by atoms with Gasteiger partial charge in [0.1, 0.15) is 12.0 Å². The maximum Gasteiger partial charge on any atom is 0.333 e. The van der Waals surface area contributed by atoms with Crippen molar-refractivity contribution in [3.8, 4) is 0 Å². The summed E-state index contributed by atoms with van der Waals surface area (Å²) in [6.45, 7) is 0. The van der Waals surface area contributed by atoms with E-state index >= 15 is 0 Å². The van der Waals surface area contributed by atoms with E-state index in [0.717, 1.165) is 30.5 Å². The van der Waals surface area contributed by atoms with Crippen molar-refractivity contribution in [2.45, 2.75) is 25.2 Å². The fourth-order valence-corrected chi connectivity index (χ4v) is 2.89. The maximum absolute atomic E-state index is 11.4. The number of fused-ring (bicyclic) bond motifs is 1. The SMILES string of the molecule is CNc1ncnc(C2CCCc3cccnc32)c1[N+](=O)[O-]. The molecule has 0 fully saturated rings. The molecule has 0 saturated carbocycles. The van der Waals surface area contributed by atoms with E-state index in [-0.39, 0.29) is 17.4 Å². The number of hydrogen-bond acceptors (Lipinski definition) is 6. The Morgan fingerprint density at radius 1 is 1.33 bits per heavy atom. The van der Waals surface area contributed by atoms with Crippen LogP contribution in [0.15, 0.2) is 24.7 Å². The van der Waals surface area contributed by atoms with E-state index in [0.29, 0.717) is 5.69 Å². The number of nitrogens with one attached hydrogen (secondary N) is 1. The molecule has 2 heterocycles. The lowest BCUT2D eigenvalue weighted by atomic mass is 9.84. The largest absolute Gasteiger partial charge is 0.367 e. The molecule has 0 aromatic carbocycles. The molecule has 1 aliphatic carbocycles. The van der Waals surface area contributed by atoms with Gasteiger partial charge in [0, 0.05) is 13.2 Å². The number of hydrogen-bond donors (Lipinski definition) is 1. The Morgan fingerprint density at radius 3 is 2.95 bits per heavy atom. The molecule has 21 heavy (non-hydrogen) atoms. The fraction of sp³-hybridized carbons (Fsp3) is 0.357. The van der Waals surface area contributed by atoms with Crippen molar-refractivity contribution in [2.75, 3.05) is 12.4 Å². The van der Waals surface area contributed by atoms with Crippen LogP contribution in [-0.2, 0) is 6.42 Å². The van der Waals surface area contributed by atoms with Gasteiger partial charge in [-0.05, 0) is 30.9 Å². The molecular weight excluding hydrogens is 270 g/mol. The lowest BCUT2D eigenvalue weighted by Gasteiger charge is -2.23. The van der Waals surface area contributed by atoms with Crippen LogP contribution in [0.4, 0.5) is 11.5 Å². The molecule has 1 aliphatic rings. The highest BCUT2D eigenvalue weighted by Gasteiger charge is 2.32. The zero-order valence-electron chi connectivity index (χ0n) is 11.6. The van der Waals surface area contributed by atoms with E-state index in [4.69, 9.17) is 0 Å². The molecule has 0 amide bonds. The van der Waals surface area contributed by atoms with Crippen molar-refractivity contribution in [3.05, 3.63) is 51.7 Å². The van der Waals surface area contributed by atoms with Gasteiger partial charge in [0.15, 0.2) is 0 Å². The Bertz CT molecular complexity index is 689. The second-order valence-electron chi connectivity index (χ2n) is 4.96. The van der Waals surface area contributed by atoms with Gasteiger partial charge in [0.25, 0.3) is 0 Å². The highest BCUT2D eigenvalue weighted by molar-refractivity contribution is 5.60. The van der Waals surface area contributed by atoms with Crippen LogP contribution in [0.1, 0.15) is 35.7 Å². The molecule has 7 nitrogen and oxygen atoms in total. The minimum Gasteiger partial charge on any atom is -0.367 e. The third kappa shape index (κ3) is 2.31. The van der Waals surface area contributed by atoms with Crippen molar-refractivity contribution < 1.29 is 4.92 Å². The minimum absolute atomic E-state index is 0.0523. The van der Waals surface area contributed by atoms with Crippen molar-refractivity contribution in [3.63, 3.8) is 0 Å². The highest BCUT2D eigenvalue weighted by atomic mass is 16.6. The standard InChI is InChI=1S/C14H15N5O2/c1-15-14-13(19(20)21)12(17-8-18-14)10-6-2-4-9-5-3-7-16-11(9)10/h3,5,7-8,10H,2,4,6H2,1H3,(H,15,17,18). The predicted octanol–water partition coefficient (Wildman–Crippen LogP) is 2.29. The van der Waals surface area contributed by atoms with Crippen LogP contribution in [0.5, 0.6) is 0 Å². The fourth-order valence-electron chi connectivity index (χ4n) is 2.89. The Kier molecular flexibility index (Phi) is 3.47. The first kappa shape index (κ1) is 13.4. The molecule has 0 spiro atoms. The van der Waals surface area contributed by atoms with Gasteiger partial charge in [-0.15, -0.1) is 0 Å². The summed E-state index contributed by atoms with van der Waals surface area (Å²) in [5, 5.41) is 14.2. The van der Waals surface area contributed by atoms with Crippen molar-refractivity contribution in [2.24, 2.45) is 0 Å². The molecule has 3 rings (SSSR count). The summed E-state index contributed by atoms with van der Waals surface area (Å²) in [7, 11) is 1.62. The molecule has 108 valence electrons. The van der Waals surface area contributed by atoms with Crippen LogP contribution in [-0.4, -0.2) is 26.9 Å². The van der Waals surface area contributed by atoms with Crippen molar-refractivity contribution in [1.82, 2.24) is 15.0 Å². The van der Waals surface area contributed by atoms with Crippen LogP contribution < -0.4 is 5.32 Å².